The van der Waals surface area contributed by atoms with Gasteiger partial charge >= 0.3 is 0 Å². The molecular formula is C27H37FN6O3. The second-order valence-electron chi connectivity index (χ2n) is 10.9. The number of rotatable bonds is 8. The van der Waals surface area contributed by atoms with Crippen LogP contribution in [0.5, 0.6) is 0 Å². The van der Waals surface area contributed by atoms with Gasteiger partial charge in [0.05, 0.1) is 30.8 Å². The van der Waals surface area contributed by atoms with Gasteiger partial charge in [-0.15, -0.1) is 0 Å². The lowest BCUT2D eigenvalue weighted by Gasteiger charge is -2.37. The summed E-state index contributed by atoms with van der Waals surface area (Å²) in [6.45, 7) is 8.97. The minimum absolute atomic E-state index is 0.0166. The summed E-state index contributed by atoms with van der Waals surface area (Å²) < 4.78 is 19.7. The maximum atomic E-state index is 14.0. The van der Waals surface area contributed by atoms with Crippen molar-refractivity contribution in [2.45, 2.75) is 71.0 Å². The minimum Gasteiger partial charge on any atom is -0.369 e. The molecule has 0 spiro atoms. The number of hydrogen-bond acceptors (Lipinski definition) is 7. The maximum Gasteiger partial charge on any atom is 0.246 e. The second-order valence-corrected chi connectivity index (χ2v) is 10.9. The van der Waals surface area contributed by atoms with Crippen LogP contribution in [-0.2, 0) is 20.9 Å². The van der Waals surface area contributed by atoms with E-state index >= 15 is 0 Å². The molecule has 10 heteroatoms. The normalized spacial score (nSPS) is 23.0. The standard InChI is InChI=1S/C27H37FN6O3/c1-17(29-5)24(35)32-23(27(2,3)4)25(36)33-14-11-20-22(33)21(15-34(20)26-30-12-6-13-31-26)37-16-18-7-9-19(28)10-8-18/h6-10,12-13,17,20-23,29H,11,14-16H2,1-5H3,(H,32,35)/t17-,20+,21-,22-,23+/m0/s1. The number of halogens is 1. The highest BCUT2D eigenvalue weighted by Gasteiger charge is 2.53. The Bertz CT molecular complexity index is 1080. The molecule has 4 rings (SSSR count). The summed E-state index contributed by atoms with van der Waals surface area (Å²) in [6, 6.07) is 6.62. The summed E-state index contributed by atoms with van der Waals surface area (Å²) in [5, 5.41) is 5.91. The minimum atomic E-state index is -0.700. The molecule has 0 radical (unpaired) electrons. The predicted molar refractivity (Wildman–Crippen MR) is 138 cm³/mol. The number of likely N-dealkylation sites (N-methyl/N-ethyl adjacent to an activating group) is 1. The average Bonchev–Trinajstić information content (AvgIpc) is 3.47. The number of carbonyl (C=O) groups excluding carboxylic acids is 2. The van der Waals surface area contributed by atoms with Gasteiger partial charge in [-0.25, -0.2) is 14.4 Å². The average molecular weight is 513 g/mol. The fraction of sp³-hybridized carbons (Fsp3) is 0.556. The Morgan fingerprint density at radius 3 is 2.49 bits per heavy atom. The third-order valence-corrected chi connectivity index (χ3v) is 7.27. The van der Waals surface area contributed by atoms with Crippen molar-refractivity contribution in [2.75, 3.05) is 25.0 Å². The van der Waals surface area contributed by atoms with E-state index in [4.69, 9.17) is 4.74 Å². The smallest absolute Gasteiger partial charge is 0.246 e. The molecule has 9 nitrogen and oxygen atoms in total. The number of amides is 2. The second kappa shape index (κ2) is 11.1. The highest BCUT2D eigenvalue weighted by Crippen LogP contribution is 2.37. The Labute approximate surface area is 217 Å². The molecule has 0 unspecified atom stereocenters. The van der Waals surface area contributed by atoms with Crippen molar-refractivity contribution >= 4 is 17.8 Å². The molecule has 3 heterocycles. The number of hydrogen-bond donors (Lipinski definition) is 2. The predicted octanol–water partition coefficient (Wildman–Crippen LogP) is 2.13. The molecule has 2 fully saturated rings. The van der Waals surface area contributed by atoms with Gasteiger partial charge in [0.2, 0.25) is 17.8 Å². The number of benzene rings is 1. The van der Waals surface area contributed by atoms with Crippen molar-refractivity contribution in [3.63, 3.8) is 0 Å². The van der Waals surface area contributed by atoms with Gasteiger partial charge < -0.3 is 25.2 Å². The molecule has 2 saturated heterocycles. The SMILES string of the molecule is CN[C@@H](C)C(=O)N[C@H](C(=O)N1CC[C@@H]2[C@H]1[C@@H](OCc1ccc(F)cc1)CN2c1ncccn1)C(C)(C)C. The molecule has 200 valence electrons. The van der Waals surface area contributed by atoms with E-state index in [1.807, 2.05) is 25.7 Å². The molecule has 1 aromatic carbocycles. The summed E-state index contributed by atoms with van der Waals surface area (Å²) in [5.41, 5.74) is 0.355. The zero-order chi connectivity index (χ0) is 26.7. The number of nitrogens with zero attached hydrogens (tertiary/aromatic N) is 4. The van der Waals surface area contributed by atoms with Gasteiger partial charge in [0.15, 0.2) is 0 Å². The van der Waals surface area contributed by atoms with E-state index in [0.29, 0.717) is 25.6 Å². The third-order valence-electron chi connectivity index (χ3n) is 7.27. The highest BCUT2D eigenvalue weighted by atomic mass is 19.1. The number of carbonyl (C=O) groups is 2. The van der Waals surface area contributed by atoms with Crippen molar-refractivity contribution in [3.8, 4) is 0 Å². The lowest BCUT2D eigenvalue weighted by molar-refractivity contribution is -0.142. The lowest BCUT2D eigenvalue weighted by atomic mass is 9.85. The fourth-order valence-electron chi connectivity index (χ4n) is 5.10. The van der Waals surface area contributed by atoms with Crippen LogP contribution in [0, 0.1) is 11.2 Å². The van der Waals surface area contributed by atoms with E-state index in [0.717, 1.165) is 12.0 Å². The molecule has 0 aliphatic carbocycles. The van der Waals surface area contributed by atoms with Gasteiger partial charge in [0.25, 0.3) is 0 Å². The molecule has 0 saturated carbocycles. The van der Waals surface area contributed by atoms with Crippen molar-refractivity contribution in [1.82, 2.24) is 25.5 Å². The first-order valence-corrected chi connectivity index (χ1v) is 12.8. The molecule has 1 aromatic heterocycles. The Morgan fingerprint density at radius 2 is 1.86 bits per heavy atom. The van der Waals surface area contributed by atoms with Crippen molar-refractivity contribution in [3.05, 3.63) is 54.1 Å². The van der Waals surface area contributed by atoms with Crippen LogP contribution in [0.4, 0.5) is 10.3 Å². The third kappa shape index (κ3) is 5.91. The van der Waals surface area contributed by atoms with Crippen LogP contribution in [-0.4, -0.2) is 77.1 Å². The van der Waals surface area contributed by atoms with Crippen LogP contribution in [0.15, 0.2) is 42.7 Å². The van der Waals surface area contributed by atoms with Crippen LogP contribution < -0.4 is 15.5 Å². The molecule has 5 atom stereocenters. The molecule has 0 bridgehead atoms. The summed E-state index contributed by atoms with van der Waals surface area (Å²) in [6.07, 6.45) is 3.84. The van der Waals surface area contributed by atoms with Gasteiger partial charge in [0.1, 0.15) is 11.9 Å². The Morgan fingerprint density at radius 1 is 1.19 bits per heavy atom. The molecule has 2 N–H and O–H groups in total. The first-order valence-electron chi connectivity index (χ1n) is 12.8. The van der Waals surface area contributed by atoms with Crippen molar-refractivity contribution in [1.29, 1.82) is 0 Å². The summed E-state index contributed by atoms with van der Waals surface area (Å²) in [7, 11) is 1.71. The zero-order valence-corrected chi connectivity index (χ0v) is 22.1. The van der Waals surface area contributed by atoms with Gasteiger partial charge in [0, 0.05) is 25.5 Å². The van der Waals surface area contributed by atoms with E-state index < -0.39 is 17.5 Å². The van der Waals surface area contributed by atoms with Crippen molar-refractivity contribution in [2.24, 2.45) is 5.41 Å². The highest BCUT2D eigenvalue weighted by molar-refractivity contribution is 5.90. The molecule has 2 aliphatic rings. The fourth-order valence-corrected chi connectivity index (χ4v) is 5.10. The van der Waals surface area contributed by atoms with E-state index in [1.54, 1.807) is 44.6 Å². The van der Waals surface area contributed by atoms with Gasteiger partial charge in [-0.05, 0) is 49.6 Å². The number of ether oxygens (including phenoxy) is 1. The molecule has 2 amide bonds. The monoisotopic (exact) mass is 512 g/mol. The largest absolute Gasteiger partial charge is 0.369 e. The van der Waals surface area contributed by atoms with Gasteiger partial charge in [-0.2, -0.15) is 0 Å². The molecule has 2 aromatic rings. The molecule has 37 heavy (non-hydrogen) atoms. The molecular weight excluding hydrogens is 475 g/mol. The number of nitrogens with one attached hydrogen (secondary N) is 2. The first kappa shape index (κ1) is 26.9. The zero-order valence-electron chi connectivity index (χ0n) is 22.1. The summed E-state index contributed by atoms with van der Waals surface area (Å²) >= 11 is 0. The lowest BCUT2D eigenvalue weighted by Crippen LogP contribution is -2.59. The molecule has 2 aliphatic heterocycles. The van der Waals surface area contributed by atoms with E-state index in [1.165, 1.54) is 12.1 Å². The summed E-state index contributed by atoms with van der Waals surface area (Å²) in [5.74, 6) is -0.0417. The van der Waals surface area contributed by atoms with E-state index in [-0.39, 0.29) is 35.8 Å². The van der Waals surface area contributed by atoms with E-state index in [2.05, 4.69) is 25.5 Å². The maximum absolute atomic E-state index is 14.0. The first-order chi connectivity index (χ1) is 17.6. The van der Waals surface area contributed by atoms with Crippen LogP contribution in [0.2, 0.25) is 0 Å². The van der Waals surface area contributed by atoms with Gasteiger partial charge in [-0.3, -0.25) is 9.59 Å². The topological polar surface area (TPSA) is 99.7 Å². The van der Waals surface area contributed by atoms with Crippen LogP contribution in [0.3, 0.4) is 0 Å². The van der Waals surface area contributed by atoms with Crippen LogP contribution in [0.25, 0.3) is 0 Å². The van der Waals surface area contributed by atoms with Crippen LogP contribution in [0.1, 0.15) is 39.7 Å². The number of fused-ring (bicyclic) bond motifs is 1. The quantitative estimate of drug-likeness (QED) is 0.559. The Hall–Kier alpha value is -3.11. The summed E-state index contributed by atoms with van der Waals surface area (Å²) in [4.78, 5) is 39.6. The van der Waals surface area contributed by atoms with E-state index in [9.17, 15) is 14.0 Å². The van der Waals surface area contributed by atoms with Gasteiger partial charge in [-0.1, -0.05) is 32.9 Å². The number of aromatic nitrogens is 2. The number of anilines is 1. The number of likely N-dealkylation sites (tertiary alicyclic amines) is 1. The van der Waals surface area contributed by atoms with Crippen LogP contribution >= 0.6 is 0 Å². The Balaban J connectivity index is 1.59. The Kier molecular flexibility index (Phi) is 8.08. The van der Waals surface area contributed by atoms with Crippen molar-refractivity contribution < 1.29 is 18.7 Å².